The number of hydrogen-bond acceptors (Lipinski definition) is 1. The molecule has 3 nitrogen and oxygen atoms in total. The van der Waals surface area contributed by atoms with E-state index in [4.69, 9.17) is 0 Å². The summed E-state index contributed by atoms with van der Waals surface area (Å²) in [4.78, 5) is 13.3. The normalized spacial score (nSPS) is 13.9. The third-order valence-electron chi connectivity index (χ3n) is 3.19. The highest BCUT2D eigenvalue weighted by Gasteiger charge is 2.40. The Morgan fingerprint density at radius 2 is 1.55 bits per heavy atom. The zero-order valence-electron chi connectivity index (χ0n) is 13.1. The van der Waals surface area contributed by atoms with E-state index in [1.165, 1.54) is 0 Å². The maximum absolute atomic E-state index is 11.8. The van der Waals surface area contributed by atoms with Crippen LogP contribution in [0.1, 0.15) is 53.1 Å². The molecule has 4 heteroatoms. The topological polar surface area (TPSA) is 40.5 Å². The minimum atomic E-state index is -0.889. The van der Waals surface area contributed by atoms with Crippen LogP contribution in [0.25, 0.3) is 0 Å². The molecule has 112 valence electrons. The maximum Gasteiger partial charge on any atom is 0.408 e. The van der Waals surface area contributed by atoms with Gasteiger partial charge >= 0.3 is 6.09 Å². The van der Waals surface area contributed by atoms with Gasteiger partial charge < -0.3 is 5.11 Å². The van der Waals surface area contributed by atoms with E-state index < -0.39 is 11.6 Å². The van der Waals surface area contributed by atoms with E-state index in [1.54, 1.807) is 4.90 Å². The minimum absolute atomic E-state index is 0.195. The molecule has 0 radical (unpaired) electrons. The standard InChI is InChI=1S/C16H24BrNO2/c1-15(2,3)13(11-7-9-12(17)10-8-11)18(14(19)20)16(4,5)6/h7-10,13H,1-6H3,(H,19,20). The number of amides is 1. The van der Waals surface area contributed by atoms with Crippen molar-refractivity contribution in [3.8, 4) is 0 Å². The number of carboxylic acid groups (broad SMARTS) is 1. The van der Waals surface area contributed by atoms with Crippen LogP contribution in [0.3, 0.4) is 0 Å². The Labute approximate surface area is 130 Å². The molecule has 1 atom stereocenters. The summed E-state index contributed by atoms with van der Waals surface area (Å²) in [5, 5.41) is 9.68. The fraction of sp³-hybridized carbons (Fsp3) is 0.562. The molecule has 0 bridgehead atoms. The first kappa shape index (κ1) is 17.0. The Morgan fingerprint density at radius 3 is 1.85 bits per heavy atom. The Hall–Kier alpha value is -1.03. The van der Waals surface area contributed by atoms with Crippen LogP contribution < -0.4 is 0 Å². The van der Waals surface area contributed by atoms with Gasteiger partial charge in [-0.3, -0.25) is 4.90 Å². The zero-order chi connectivity index (χ0) is 15.7. The summed E-state index contributed by atoms with van der Waals surface area (Å²) in [7, 11) is 0. The van der Waals surface area contributed by atoms with Crippen LogP contribution in [0.5, 0.6) is 0 Å². The summed E-state index contributed by atoms with van der Waals surface area (Å²) in [5.74, 6) is 0. The van der Waals surface area contributed by atoms with Crippen molar-refractivity contribution in [3.05, 3.63) is 34.3 Å². The molecule has 0 aliphatic carbocycles. The predicted octanol–water partition coefficient (Wildman–Crippen LogP) is 5.31. The van der Waals surface area contributed by atoms with Gasteiger partial charge in [-0.05, 0) is 43.9 Å². The van der Waals surface area contributed by atoms with Gasteiger partial charge in [0, 0.05) is 10.0 Å². The van der Waals surface area contributed by atoms with Gasteiger partial charge in [-0.25, -0.2) is 4.79 Å². The molecule has 1 rings (SSSR count). The van der Waals surface area contributed by atoms with Crippen LogP contribution in [0.15, 0.2) is 28.7 Å². The van der Waals surface area contributed by atoms with E-state index in [0.717, 1.165) is 10.0 Å². The van der Waals surface area contributed by atoms with Gasteiger partial charge in [0.2, 0.25) is 0 Å². The van der Waals surface area contributed by atoms with E-state index >= 15 is 0 Å². The van der Waals surface area contributed by atoms with Crippen molar-refractivity contribution in [2.45, 2.75) is 53.1 Å². The Balaban J connectivity index is 3.39. The summed E-state index contributed by atoms with van der Waals surface area (Å²) >= 11 is 3.42. The molecule has 0 saturated heterocycles. The number of hydrogen-bond donors (Lipinski definition) is 1. The lowest BCUT2D eigenvalue weighted by molar-refractivity contribution is 0.0274. The van der Waals surface area contributed by atoms with Crippen molar-refractivity contribution in [2.75, 3.05) is 0 Å². The number of rotatable bonds is 2. The van der Waals surface area contributed by atoms with E-state index in [9.17, 15) is 9.90 Å². The maximum atomic E-state index is 11.8. The molecule has 0 heterocycles. The molecular formula is C16H24BrNO2. The minimum Gasteiger partial charge on any atom is -0.465 e. The molecule has 0 saturated carbocycles. The van der Waals surface area contributed by atoms with Crippen molar-refractivity contribution >= 4 is 22.0 Å². The molecule has 0 aliphatic rings. The van der Waals surface area contributed by atoms with Gasteiger partial charge in [0.1, 0.15) is 0 Å². The van der Waals surface area contributed by atoms with E-state index in [-0.39, 0.29) is 11.5 Å². The summed E-state index contributed by atoms with van der Waals surface area (Å²) < 4.78 is 0.992. The first-order valence-electron chi connectivity index (χ1n) is 6.72. The van der Waals surface area contributed by atoms with Crippen LogP contribution in [0, 0.1) is 5.41 Å². The third-order valence-corrected chi connectivity index (χ3v) is 3.72. The van der Waals surface area contributed by atoms with Crippen molar-refractivity contribution < 1.29 is 9.90 Å². The largest absolute Gasteiger partial charge is 0.465 e. The van der Waals surface area contributed by atoms with Crippen LogP contribution >= 0.6 is 15.9 Å². The summed E-state index contributed by atoms with van der Waals surface area (Å²) in [6.07, 6.45) is -0.889. The van der Waals surface area contributed by atoms with Crippen LogP contribution in [-0.4, -0.2) is 21.6 Å². The van der Waals surface area contributed by atoms with Crippen LogP contribution in [-0.2, 0) is 0 Å². The van der Waals surface area contributed by atoms with Gasteiger partial charge in [-0.15, -0.1) is 0 Å². The fourth-order valence-corrected chi connectivity index (χ4v) is 2.73. The second kappa shape index (κ2) is 5.76. The zero-order valence-corrected chi connectivity index (χ0v) is 14.7. The predicted molar refractivity (Wildman–Crippen MR) is 86.0 cm³/mol. The Kier molecular flexibility index (Phi) is 4.90. The van der Waals surface area contributed by atoms with Gasteiger partial charge in [-0.2, -0.15) is 0 Å². The number of benzene rings is 1. The smallest absolute Gasteiger partial charge is 0.408 e. The lowest BCUT2D eigenvalue weighted by atomic mass is 9.79. The first-order chi connectivity index (χ1) is 8.94. The first-order valence-corrected chi connectivity index (χ1v) is 7.51. The lowest BCUT2D eigenvalue weighted by Crippen LogP contribution is -2.50. The molecule has 1 aromatic rings. The highest BCUT2D eigenvalue weighted by atomic mass is 79.9. The molecule has 0 aromatic heterocycles. The highest BCUT2D eigenvalue weighted by molar-refractivity contribution is 9.10. The third kappa shape index (κ3) is 3.98. The van der Waals surface area contributed by atoms with E-state index in [2.05, 4.69) is 36.7 Å². The van der Waals surface area contributed by atoms with Gasteiger partial charge in [0.25, 0.3) is 0 Å². The van der Waals surface area contributed by atoms with Gasteiger partial charge in [-0.1, -0.05) is 48.8 Å². The fourth-order valence-electron chi connectivity index (χ4n) is 2.47. The summed E-state index contributed by atoms with van der Waals surface area (Å²) in [6, 6.07) is 7.68. The van der Waals surface area contributed by atoms with Crippen molar-refractivity contribution in [3.63, 3.8) is 0 Å². The molecule has 0 aliphatic heterocycles. The molecule has 20 heavy (non-hydrogen) atoms. The lowest BCUT2D eigenvalue weighted by Gasteiger charge is -2.45. The summed E-state index contributed by atoms with van der Waals surface area (Å²) in [5.41, 5.74) is 0.356. The molecule has 1 N–H and O–H groups in total. The molecule has 0 spiro atoms. The average molecular weight is 342 g/mol. The van der Waals surface area contributed by atoms with Gasteiger partial charge in [0.05, 0.1) is 6.04 Å². The van der Waals surface area contributed by atoms with E-state index in [0.29, 0.717) is 0 Å². The quantitative estimate of drug-likeness (QED) is 0.791. The Bertz CT molecular complexity index is 469. The second-order valence-electron chi connectivity index (χ2n) is 7.14. The number of nitrogens with zero attached hydrogens (tertiary/aromatic N) is 1. The van der Waals surface area contributed by atoms with Crippen molar-refractivity contribution in [1.82, 2.24) is 4.90 Å². The van der Waals surface area contributed by atoms with Crippen LogP contribution in [0.2, 0.25) is 0 Å². The molecule has 1 unspecified atom stereocenters. The van der Waals surface area contributed by atoms with E-state index in [1.807, 2.05) is 45.0 Å². The monoisotopic (exact) mass is 341 g/mol. The molecule has 1 amide bonds. The molecular weight excluding hydrogens is 318 g/mol. The van der Waals surface area contributed by atoms with Crippen LogP contribution in [0.4, 0.5) is 4.79 Å². The Morgan fingerprint density at radius 1 is 1.10 bits per heavy atom. The highest BCUT2D eigenvalue weighted by Crippen LogP contribution is 2.41. The van der Waals surface area contributed by atoms with Crippen molar-refractivity contribution in [2.24, 2.45) is 5.41 Å². The number of halogens is 1. The summed E-state index contributed by atoms with van der Waals surface area (Å²) in [6.45, 7) is 12.0. The SMILES string of the molecule is CC(C)(C)C(c1ccc(Br)cc1)N(C(=O)O)C(C)(C)C. The molecule has 0 fully saturated rings. The van der Waals surface area contributed by atoms with Crippen molar-refractivity contribution in [1.29, 1.82) is 0 Å². The average Bonchev–Trinajstić information content (AvgIpc) is 2.23. The number of carbonyl (C=O) groups is 1. The van der Waals surface area contributed by atoms with Gasteiger partial charge in [0.15, 0.2) is 0 Å². The molecule has 1 aromatic carbocycles. The second-order valence-corrected chi connectivity index (χ2v) is 8.06.